The summed E-state index contributed by atoms with van der Waals surface area (Å²) >= 11 is 1.33. The van der Waals surface area contributed by atoms with Crippen molar-refractivity contribution in [3.05, 3.63) is 72.6 Å². The van der Waals surface area contributed by atoms with Gasteiger partial charge in [-0.1, -0.05) is 23.5 Å². The number of nitrogens with zero attached hydrogens (tertiary/aromatic N) is 3. The first-order valence-electron chi connectivity index (χ1n) is 10.9. The van der Waals surface area contributed by atoms with Gasteiger partial charge in [-0.25, -0.2) is 23.5 Å². The van der Waals surface area contributed by atoms with E-state index in [-0.39, 0.29) is 17.5 Å². The Labute approximate surface area is 201 Å². The molecule has 1 fully saturated rings. The molecule has 1 saturated carbocycles. The lowest BCUT2D eigenvalue weighted by Gasteiger charge is -2.06. The monoisotopic (exact) mass is 489 g/mol. The number of halogens is 2. The first-order valence-corrected chi connectivity index (χ1v) is 11.7. The van der Waals surface area contributed by atoms with E-state index in [1.807, 2.05) is 30.3 Å². The van der Waals surface area contributed by atoms with Crippen LogP contribution >= 0.6 is 11.3 Å². The molecular formula is C25H17F2N5O2S. The Balaban J connectivity index is 1.25. The minimum Gasteiger partial charge on any atom is -0.304 e. The molecule has 2 aromatic carbocycles. The second-order valence-electron chi connectivity index (χ2n) is 8.37. The fourth-order valence-corrected chi connectivity index (χ4v) is 4.61. The van der Waals surface area contributed by atoms with Crippen molar-refractivity contribution in [2.24, 2.45) is 5.92 Å². The second kappa shape index (κ2) is 8.24. The van der Waals surface area contributed by atoms with Gasteiger partial charge in [-0.3, -0.25) is 9.36 Å². The number of benzene rings is 2. The minimum absolute atomic E-state index is 0.00504. The van der Waals surface area contributed by atoms with Crippen molar-refractivity contribution in [1.82, 2.24) is 14.5 Å². The summed E-state index contributed by atoms with van der Waals surface area (Å²) in [6.45, 7) is 0. The third-order valence-corrected chi connectivity index (χ3v) is 6.66. The Morgan fingerprint density at radius 1 is 0.943 bits per heavy atom. The molecule has 6 rings (SSSR count). The highest BCUT2D eigenvalue weighted by Gasteiger charge is 2.30. The predicted molar refractivity (Wildman–Crippen MR) is 130 cm³/mol. The van der Waals surface area contributed by atoms with Crippen molar-refractivity contribution in [1.29, 1.82) is 0 Å². The van der Waals surface area contributed by atoms with Gasteiger partial charge in [-0.15, -0.1) is 0 Å². The maximum atomic E-state index is 13.9. The van der Waals surface area contributed by atoms with Gasteiger partial charge in [0.1, 0.15) is 22.0 Å². The number of amides is 2. The lowest BCUT2D eigenvalue weighted by atomic mass is 10.1. The summed E-state index contributed by atoms with van der Waals surface area (Å²) in [7, 11) is 0. The zero-order chi connectivity index (χ0) is 24.1. The smallest absolute Gasteiger partial charge is 0.304 e. The Morgan fingerprint density at radius 3 is 2.57 bits per heavy atom. The number of rotatable bonds is 4. The molecule has 0 aliphatic heterocycles. The molecule has 0 bridgehead atoms. The van der Waals surface area contributed by atoms with Gasteiger partial charge in [-0.05, 0) is 48.6 Å². The lowest BCUT2D eigenvalue weighted by molar-refractivity contribution is -0.117. The summed E-state index contributed by atoms with van der Waals surface area (Å²) in [4.78, 5) is 34.5. The fourth-order valence-electron chi connectivity index (χ4n) is 3.77. The number of pyridine rings is 1. The summed E-state index contributed by atoms with van der Waals surface area (Å²) in [6.07, 6.45) is 5.11. The highest BCUT2D eigenvalue weighted by Crippen LogP contribution is 2.33. The molecule has 0 atom stereocenters. The van der Waals surface area contributed by atoms with Gasteiger partial charge in [0.05, 0.1) is 11.4 Å². The standard InChI is InChI=1S/C25H17F2N5O2S/c26-17-5-6-20(18(27)10-17)30-25(34)32-11-15-4-3-14(9-16(15)12-32)19-7-8-21-23(28-19)35-24(29-21)31-22(33)13-1-2-13/h3-13H,1-2H2,(H,30,34)(H,29,31,33). The van der Waals surface area contributed by atoms with Crippen LogP contribution < -0.4 is 10.6 Å². The number of carbonyl (C=O) groups excluding carboxylic acids is 2. The predicted octanol–water partition coefficient (Wildman–Crippen LogP) is 6.02. The number of carbonyl (C=O) groups is 2. The molecule has 7 nitrogen and oxygen atoms in total. The molecule has 0 saturated heterocycles. The van der Waals surface area contributed by atoms with E-state index in [1.165, 1.54) is 22.0 Å². The maximum absolute atomic E-state index is 13.9. The van der Waals surface area contributed by atoms with Gasteiger partial charge in [0, 0.05) is 35.3 Å². The zero-order valence-corrected chi connectivity index (χ0v) is 18.9. The Hall–Kier alpha value is -4.18. The summed E-state index contributed by atoms with van der Waals surface area (Å²) < 4.78 is 28.3. The van der Waals surface area contributed by atoms with E-state index in [1.54, 1.807) is 12.4 Å². The summed E-state index contributed by atoms with van der Waals surface area (Å²) in [5.74, 6) is -1.46. The fraction of sp³-hybridized carbons (Fsp3) is 0.120. The summed E-state index contributed by atoms with van der Waals surface area (Å²) in [6, 6.07) is 11.8. The molecule has 35 heavy (non-hydrogen) atoms. The molecule has 1 aliphatic rings. The SMILES string of the molecule is O=C(Nc1nc2ccc(-c3ccc4cn(C(=O)Nc5ccc(F)cc5F)cc4c3)nc2s1)C1CC1. The van der Waals surface area contributed by atoms with Crippen LogP contribution in [0.2, 0.25) is 0 Å². The third-order valence-electron chi connectivity index (χ3n) is 5.78. The van der Waals surface area contributed by atoms with Gasteiger partial charge < -0.3 is 10.6 Å². The first-order chi connectivity index (χ1) is 16.9. The highest BCUT2D eigenvalue weighted by molar-refractivity contribution is 7.22. The van der Waals surface area contributed by atoms with E-state index in [2.05, 4.69) is 15.6 Å². The van der Waals surface area contributed by atoms with Gasteiger partial charge in [0.15, 0.2) is 5.13 Å². The second-order valence-corrected chi connectivity index (χ2v) is 9.34. The lowest BCUT2D eigenvalue weighted by Crippen LogP contribution is -2.18. The Morgan fingerprint density at radius 2 is 1.77 bits per heavy atom. The van der Waals surface area contributed by atoms with Crippen LogP contribution in [0.4, 0.5) is 24.4 Å². The molecule has 2 amide bonds. The first kappa shape index (κ1) is 21.4. The number of thiazole rings is 1. The minimum atomic E-state index is -0.850. The molecular weight excluding hydrogens is 472 g/mol. The average Bonchev–Trinajstić information content (AvgIpc) is 3.48. The third kappa shape index (κ3) is 4.24. The van der Waals surface area contributed by atoms with E-state index in [4.69, 9.17) is 4.98 Å². The van der Waals surface area contributed by atoms with Crippen molar-refractivity contribution in [3.63, 3.8) is 0 Å². The number of anilines is 2. The van der Waals surface area contributed by atoms with Gasteiger partial charge >= 0.3 is 6.03 Å². The Bertz CT molecular complexity index is 1640. The van der Waals surface area contributed by atoms with Crippen molar-refractivity contribution in [3.8, 4) is 11.3 Å². The molecule has 2 N–H and O–H groups in total. The maximum Gasteiger partial charge on any atom is 0.330 e. The van der Waals surface area contributed by atoms with E-state index in [0.717, 1.165) is 40.9 Å². The number of fused-ring (bicyclic) bond motifs is 2. The highest BCUT2D eigenvalue weighted by atomic mass is 32.1. The number of aromatic nitrogens is 3. The van der Waals surface area contributed by atoms with Crippen molar-refractivity contribution < 1.29 is 18.4 Å². The summed E-state index contributed by atoms with van der Waals surface area (Å²) in [5.41, 5.74) is 2.18. The number of nitrogens with one attached hydrogen (secondary N) is 2. The van der Waals surface area contributed by atoms with Crippen LogP contribution in [-0.4, -0.2) is 26.5 Å². The number of hydrogen-bond acceptors (Lipinski definition) is 5. The van der Waals surface area contributed by atoms with E-state index < -0.39 is 17.7 Å². The largest absolute Gasteiger partial charge is 0.330 e. The zero-order valence-electron chi connectivity index (χ0n) is 18.1. The molecule has 3 heterocycles. The normalized spacial score (nSPS) is 13.3. The van der Waals surface area contributed by atoms with Crippen LogP contribution in [-0.2, 0) is 4.79 Å². The molecule has 10 heteroatoms. The summed E-state index contributed by atoms with van der Waals surface area (Å²) in [5, 5.41) is 7.45. The quantitative estimate of drug-likeness (QED) is 0.323. The van der Waals surface area contributed by atoms with Crippen molar-refractivity contribution in [2.45, 2.75) is 12.8 Å². The average molecular weight is 490 g/mol. The Kier molecular flexibility index (Phi) is 5.03. The van der Waals surface area contributed by atoms with Crippen LogP contribution in [0.15, 0.2) is 60.9 Å². The molecule has 0 unspecified atom stereocenters. The molecule has 174 valence electrons. The van der Waals surface area contributed by atoms with Gasteiger partial charge in [-0.2, -0.15) is 0 Å². The topological polar surface area (TPSA) is 88.9 Å². The van der Waals surface area contributed by atoms with E-state index >= 15 is 0 Å². The molecule has 0 radical (unpaired) electrons. The van der Waals surface area contributed by atoms with Crippen LogP contribution in [0.1, 0.15) is 12.8 Å². The van der Waals surface area contributed by atoms with Crippen LogP contribution in [0.3, 0.4) is 0 Å². The van der Waals surface area contributed by atoms with E-state index in [9.17, 15) is 18.4 Å². The van der Waals surface area contributed by atoms with Gasteiger partial charge in [0.2, 0.25) is 5.91 Å². The van der Waals surface area contributed by atoms with Crippen LogP contribution in [0.25, 0.3) is 32.4 Å². The number of hydrogen-bond donors (Lipinski definition) is 2. The molecule has 0 spiro atoms. The van der Waals surface area contributed by atoms with E-state index in [0.29, 0.717) is 21.5 Å². The van der Waals surface area contributed by atoms with Gasteiger partial charge in [0.25, 0.3) is 0 Å². The van der Waals surface area contributed by atoms with Crippen LogP contribution in [0.5, 0.6) is 0 Å². The van der Waals surface area contributed by atoms with Crippen LogP contribution in [0, 0.1) is 17.6 Å². The molecule has 5 aromatic rings. The van der Waals surface area contributed by atoms with Crippen molar-refractivity contribution in [2.75, 3.05) is 10.6 Å². The van der Waals surface area contributed by atoms with Crippen molar-refractivity contribution >= 4 is 55.2 Å². The molecule has 1 aliphatic carbocycles. The molecule has 3 aromatic heterocycles.